The molecule has 0 saturated carbocycles. The number of carbonyl (C=O) groups is 1. The van der Waals surface area contributed by atoms with Crippen LogP contribution in [0.1, 0.15) is 15.9 Å². The van der Waals surface area contributed by atoms with Gasteiger partial charge in [0, 0.05) is 5.56 Å². The smallest absolute Gasteiger partial charge is 0.337 e. The first-order chi connectivity index (χ1) is 9.31. The summed E-state index contributed by atoms with van der Waals surface area (Å²) in [6.45, 7) is 0. The molecule has 106 valence electrons. The summed E-state index contributed by atoms with van der Waals surface area (Å²) in [6, 6.07) is 2.03. The summed E-state index contributed by atoms with van der Waals surface area (Å²) in [6.07, 6.45) is 2.43. The van der Waals surface area contributed by atoms with Crippen molar-refractivity contribution in [3.05, 3.63) is 45.8 Å². The fourth-order valence-corrected chi connectivity index (χ4v) is 3.73. The topological polar surface area (TPSA) is 97.5 Å². The lowest BCUT2D eigenvalue weighted by atomic mass is 10.2. The molecule has 0 aliphatic heterocycles. The minimum Gasteiger partial charge on any atom is -0.478 e. The first kappa shape index (κ1) is 14.8. The van der Waals surface area contributed by atoms with Gasteiger partial charge in [-0.15, -0.1) is 0 Å². The fourth-order valence-electron chi connectivity index (χ4n) is 1.53. The predicted octanol–water partition coefficient (Wildman–Crippen LogP) is 2.65. The Morgan fingerprint density at radius 1 is 1.30 bits per heavy atom. The molecule has 20 heavy (non-hydrogen) atoms. The monoisotopic (exact) mass is 335 g/mol. The first-order valence-corrected chi connectivity index (χ1v) is 7.55. The van der Waals surface area contributed by atoms with Crippen LogP contribution in [0.15, 0.2) is 34.0 Å². The molecule has 1 aromatic carbocycles. The summed E-state index contributed by atoms with van der Waals surface area (Å²) in [4.78, 5) is 10.7. The van der Waals surface area contributed by atoms with Crippen LogP contribution in [0, 0.1) is 0 Å². The van der Waals surface area contributed by atoms with Crippen LogP contribution in [-0.4, -0.2) is 24.7 Å². The summed E-state index contributed by atoms with van der Waals surface area (Å²) in [5, 5.41) is 12.1. The van der Waals surface area contributed by atoms with Crippen molar-refractivity contribution < 1.29 is 22.8 Å². The highest BCUT2D eigenvalue weighted by Crippen LogP contribution is 2.30. The van der Waals surface area contributed by atoms with E-state index in [2.05, 4.69) is 9.68 Å². The average Bonchev–Trinajstić information content (AvgIpc) is 2.79. The molecule has 2 rings (SSSR count). The van der Waals surface area contributed by atoms with Crippen LogP contribution < -0.4 is 0 Å². The molecule has 0 spiro atoms. The number of benzene rings is 1. The van der Waals surface area contributed by atoms with Gasteiger partial charge in [-0.3, -0.25) is 0 Å². The molecule has 0 saturated heterocycles. The van der Waals surface area contributed by atoms with Gasteiger partial charge in [0.1, 0.15) is 6.26 Å². The minimum absolute atomic E-state index is 0.133. The van der Waals surface area contributed by atoms with Crippen LogP contribution in [0.3, 0.4) is 0 Å². The number of aromatic carboxylic acids is 1. The number of carboxylic acid groups (broad SMARTS) is 1. The summed E-state index contributed by atoms with van der Waals surface area (Å²) < 4.78 is 29.0. The second-order valence-electron chi connectivity index (χ2n) is 3.86. The maximum Gasteiger partial charge on any atom is 0.337 e. The second-order valence-corrected chi connectivity index (χ2v) is 6.63. The van der Waals surface area contributed by atoms with Crippen molar-refractivity contribution in [2.24, 2.45) is 0 Å². The van der Waals surface area contributed by atoms with Gasteiger partial charge in [-0.25, -0.2) is 13.2 Å². The van der Waals surface area contributed by atoms with Crippen molar-refractivity contribution in [2.45, 2.75) is 10.6 Å². The Labute approximate surface area is 123 Å². The van der Waals surface area contributed by atoms with E-state index in [0.29, 0.717) is 5.56 Å². The van der Waals surface area contributed by atoms with Gasteiger partial charge in [-0.2, -0.15) is 0 Å². The number of hydrogen-bond donors (Lipinski definition) is 1. The Morgan fingerprint density at radius 3 is 2.55 bits per heavy atom. The number of hydrogen-bond acceptors (Lipinski definition) is 5. The summed E-state index contributed by atoms with van der Waals surface area (Å²) >= 11 is 11.5. The van der Waals surface area contributed by atoms with Gasteiger partial charge in [0.15, 0.2) is 9.84 Å². The molecular weight excluding hydrogens is 329 g/mol. The van der Waals surface area contributed by atoms with Crippen molar-refractivity contribution in [3.8, 4) is 0 Å². The van der Waals surface area contributed by atoms with Gasteiger partial charge >= 0.3 is 5.97 Å². The van der Waals surface area contributed by atoms with E-state index in [0.717, 1.165) is 12.1 Å². The first-order valence-electron chi connectivity index (χ1n) is 5.14. The maximum absolute atomic E-state index is 12.2. The minimum atomic E-state index is -3.84. The van der Waals surface area contributed by atoms with Crippen LogP contribution in [0.5, 0.6) is 0 Å². The van der Waals surface area contributed by atoms with Gasteiger partial charge in [0.05, 0.1) is 32.5 Å². The number of sulfone groups is 1. The van der Waals surface area contributed by atoms with Crippen LogP contribution in [0.2, 0.25) is 10.0 Å². The normalized spacial score (nSPS) is 11.5. The van der Waals surface area contributed by atoms with Gasteiger partial charge in [-0.1, -0.05) is 28.4 Å². The molecule has 0 unspecified atom stereocenters. The van der Waals surface area contributed by atoms with E-state index < -0.39 is 21.6 Å². The van der Waals surface area contributed by atoms with Gasteiger partial charge in [0.2, 0.25) is 0 Å². The molecule has 0 aliphatic rings. The lowest BCUT2D eigenvalue weighted by Gasteiger charge is -2.08. The van der Waals surface area contributed by atoms with Crippen molar-refractivity contribution >= 4 is 39.0 Å². The van der Waals surface area contributed by atoms with Crippen molar-refractivity contribution in [3.63, 3.8) is 0 Å². The van der Waals surface area contributed by atoms with Crippen LogP contribution in [0.25, 0.3) is 0 Å². The third-order valence-electron chi connectivity index (χ3n) is 2.43. The SMILES string of the molecule is O=C(O)c1cc(S(=O)(=O)Cc2cnoc2)c(Cl)cc1Cl. The Kier molecular flexibility index (Phi) is 4.03. The maximum atomic E-state index is 12.2. The highest BCUT2D eigenvalue weighted by molar-refractivity contribution is 7.90. The van der Waals surface area contributed by atoms with Crippen LogP contribution in [0.4, 0.5) is 0 Å². The molecule has 1 N–H and O–H groups in total. The van der Waals surface area contributed by atoms with E-state index in [4.69, 9.17) is 28.3 Å². The zero-order chi connectivity index (χ0) is 14.9. The van der Waals surface area contributed by atoms with Crippen molar-refractivity contribution in [1.82, 2.24) is 5.16 Å². The largest absolute Gasteiger partial charge is 0.478 e. The molecule has 0 aliphatic carbocycles. The molecule has 1 heterocycles. The highest BCUT2D eigenvalue weighted by Gasteiger charge is 2.23. The molecule has 0 amide bonds. The lowest BCUT2D eigenvalue weighted by Crippen LogP contribution is -2.08. The van der Waals surface area contributed by atoms with Gasteiger partial charge < -0.3 is 9.63 Å². The molecule has 2 aromatic rings. The van der Waals surface area contributed by atoms with Crippen molar-refractivity contribution in [2.75, 3.05) is 0 Å². The summed E-state index contributed by atoms with van der Waals surface area (Å²) in [5.74, 6) is -1.75. The number of halogens is 2. The third kappa shape index (κ3) is 2.95. The molecule has 0 fully saturated rings. The van der Waals surface area contributed by atoms with Gasteiger partial charge in [-0.05, 0) is 12.1 Å². The van der Waals surface area contributed by atoms with E-state index in [-0.39, 0.29) is 20.5 Å². The van der Waals surface area contributed by atoms with E-state index in [1.807, 2.05) is 0 Å². The number of aromatic nitrogens is 1. The molecule has 0 radical (unpaired) electrons. The molecule has 6 nitrogen and oxygen atoms in total. The Morgan fingerprint density at radius 2 is 2.00 bits per heavy atom. The molecule has 0 bridgehead atoms. The van der Waals surface area contributed by atoms with E-state index in [1.165, 1.54) is 12.5 Å². The lowest BCUT2D eigenvalue weighted by molar-refractivity contribution is 0.0697. The van der Waals surface area contributed by atoms with E-state index in [1.54, 1.807) is 0 Å². The summed E-state index contributed by atoms with van der Waals surface area (Å²) in [7, 11) is -3.84. The highest BCUT2D eigenvalue weighted by atomic mass is 35.5. The quantitative estimate of drug-likeness (QED) is 0.922. The Bertz CT molecular complexity index is 755. The zero-order valence-electron chi connectivity index (χ0n) is 9.71. The molecule has 0 atom stereocenters. The fraction of sp³-hybridized carbons (Fsp3) is 0.0909. The predicted molar refractivity (Wildman–Crippen MR) is 70.8 cm³/mol. The van der Waals surface area contributed by atoms with Gasteiger partial charge in [0.25, 0.3) is 0 Å². The van der Waals surface area contributed by atoms with E-state index in [9.17, 15) is 13.2 Å². The molecular formula is C11H7Cl2NO5S. The number of nitrogens with zero attached hydrogens (tertiary/aromatic N) is 1. The average molecular weight is 336 g/mol. The van der Waals surface area contributed by atoms with Crippen LogP contribution >= 0.6 is 23.2 Å². The second kappa shape index (κ2) is 5.43. The Balaban J connectivity index is 2.51. The summed E-state index contributed by atoms with van der Waals surface area (Å²) in [5.41, 5.74) is -0.00662. The van der Waals surface area contributed by atoms with E-state index >= 15 is 0 Å². The van der Waals surface area contributed by atoms with Crippen molar-refractivity contribution in [1.29, 1.82) is 0 Å². The molecule has 9 heteroatoms. The molecule has 1 aromatic heterocycles. The zero-order valence-corrected chi connectivity index (χ0v) is 12.0. The van der Waals surface area contributed by atoms with Crippen LogP contribution in [-0.2, 0) is 15.6 Å². The number of rotatable bonds is 4. The Hall–Kier alpha value is -1.57. The standard InChI is InChI=1S/C11H7Cl2NO5S/c12-8-2-9(13)10(1-7(8)11(15)16)20(17,18)5-6-3-14-19-4-6/h1-4H,5H2,(H,15,16). The third-order valence-corrected chi connectivity index (χ3v) is 4.89. The number of carboxylic acids is 1.